The number of urea groups is 1. The molecule has 1 aromatic rings. The number of fused-ring (bicyclic) bond motifs is 1. The Morgan fingerprint density at radius 2 is 2.23 bits per heavy atom. The van der Waals surface area contributed by atoms with E-state index in [-0.39, 0.29) is 18.4 Å². The molecule has 3 heterocycles. The number of aliphatic imine (C=N–C) groups is 1. The summed E-state index contributed by atoms with van der Waals surface area (Å²) < 4.78 is 5.21. The third-order valence-electron chi connectivity index (χ3n) is 3.62. The number of carbonyl (C=O) groups excluding carboxylic acids is 1. The van der Waals surface area contributed by atoms with Gasteiger partial charge >= 0.3 is 6.03 Å². The quantitative estimate of drug-likeness (QED) is 0.799. The molecule has 0 radical (unpaired) electrons. The minimum atomic E-state index is -0.217. The summed E-state index contributed by atoms with van der Waals surface area (Å²) in [4.78, 5) is 19.9. The van der Waals surface area contributed by atoms with Crippen molar-refractivity contribution in [3.05, 3.63) is 30.2 Å². The Hall–Kier alpha value is -2.22. The van der Waals surface area contributed by atoms with E-state index in [1.807, 2.05) is 24.5 Å². The maximum Gasteiger partial charge on any atom is 0.323 e. The standard InChI is InChI=1S/C14H17N5O2S/c1-17-11-12(18(2)14(17)20)19(13(16-11)22-3)15-8-4-6-10-7-5-9-21-10/h4-9,11-12H,1-3H3/b6-4+,15-8+. The fourth-order valence-electron chi connectivity index (χ4n) is 2.50. The van der Waals surface area contributed by atoms with Crippen LogP contribution in [0.1, 0.15) is 5.76 Å². The van der Waals surface area contributed by atoms with Crippen molar-refractivity contribution in [2.75, 3.05) is 20.4 Å². The van der Waals surface area contributed by atoms with Gasteiger partial charge in [-0.3, -0.25) is 0 Å². The summed E-state index contributed by atoms with van der Waals surface area (Å²) >= 11 is 1.51. The third-order valence-corrected chi connectivity index (χ3v) is 4.27. The van der Waals surface area contributed by atoms with Crippen molar-refractivity contribution in [1.29, 1.82) is 0 Å². The highest BCUT2D eigenvalue weighted by Crippen LogP contribution is 2.32. The molecule has 2 amide bonds. The number of thioether (sulfide) groups is 1. The molecule has 2 aliphatic heterocycles. The van der Waals surface area contributed by atoms with Gasteiger partial charge in [-0.2, -0.15) is 5.10 Å². The number of hydrogen-bond donors (Lipinski definition) is 0. The Labute approximate surface area is 132 Å². The second kappa shape index (κ2) is 5.88. The van der Waals surface area contributed by atoms with Crippen LogP contribution >= 0.6 is 11.8 Å². The van der Waals surface area contributed by atoms with Gasteiger partial charge in [-0.15, -0.1) is 0 Å². The molecule has 2 aliphatic rings. The molecular formula is C14H17N5O2S. The zero-order valence-electron chi connectivity index (χ0n) is 12.6. The molecule has 3 rings (SSSR count). The van der Waals surface area contributed by atoms with Crippen molar-refractivity contribution in [3.63, 3.8) is 0 Å². The summed E-state index contributed by atoms with van der Waals surface area (Å²) in [7, 11) is 3.53. The molecule has 0 bridgehead atoms. The predicted molar refractivity (Wildman–Crippen MR) is 87.5 cm³/mol. The van der Waals surface area contributed by atoms with E-state index >= 15 is 0 Å². The number of rotatable bonds is 3. The number of hydrazone groups is 1. The molecule has 116 valence electrons. The van der Waals surface area contributed by atoms with Crippen LogP contribution in [-0.2, 0) is 0 Å². The number of hydrogen-bond acceptors (Lipinski definition) is 6. The zero-order chi connectivity index (χ0) is 15.7. The largest absolute Gasteiger partial charge is 0.465 e. The van der Waals surface area contributed by atoms with E-state index in [1.54, 1.807) is 47.5 Å². The van der Waals surface area contributed by atoms with E-state index < -0.39 is 0 Å². The molecular weight excluding hydrogens is 302 g/mol. The summed E-state index contributed by atoms with van der Waals surface area (Å²) in [6, 6.07) is 3.64. The van der Waals surface area contributed by atoms with Gasteiger partial charge in [-0.05, 0) is 30.5 Å². The van der Waals surface area contributed by atoms with Crippen LogP contribution in [0.3, 0.4) is 0 Å². The van der Waals surface area contributed by atoms with Crippen LogP contribution in [0.15, 0.2) is 39.0 Å². The van der Waals surface area contributed by atoms with Crippen molar-refractivity contribution in [3.8, 4) is 0 Å². The second-order valence-corrected chi connectivity index (χ2v) is 5.70. The van der Waals surface area contributed by atoms with Crippen LogP contribution in [0.5, 0.6) is 0 Å². The summed E-state index contributed by atoms with van der Waals surface area (Å²) in [5.41, 5.74) is 0. The molecule has 2 unspecified atom stereocenters. The van der Waals surface area contributed by atoms with E-state index in [0.29, 0.717) is 0 Å². The summed E-state index contributed by atoms with van der Waals surface area (Å²) in [5.74, 6) is 0.761. The predicted octanol–water partition coefficient (Wildman–Crippen LogP) is 1.96. The van der Waals surface area contributed by atoms with Gasteiger partial charge in [-0.1, -0.05) is 11.8 Å². The highest BCUT2D eigenvalue weighted by atomic mass is 32.2. The molecule has 8 heteroatoms. The normalized spacial score (nSPS) is 25.0. The maximum atomic E-state index is 12.0. The van der Waals surface area contributed by atoms with Crippen LogP contribution < -0.4 is 0 Å². The van der Waals surface area contributed by atoms with Gasteiger partial charge < -0.3 is 14.2 Å². The minimum absolute atomic E-state index is 0.0507. The lowest BCUT2D eigenvalue weighted by Gasteiger charge is -2.25. The number of amides is 2. The minimum Gasteiger partial charge on any atom is -0.465 e. The number of nitrogens with zero attached hydrogens (tertiary/aromatic N) is 5. The Bertz CT molecular complexity index is 640. The van der Waals surface area contributed by atoms with Crippen molar-refractivity contribution < 1.29 is 9.21 Å². The molecule has 0 saturated carbocycles. The summed E-state index contributed by atoms with van der Waals surface area (Å²) in [6.07, 6.45) is 8.44. The van der Waals surface area contributed by atoms with E-state index in [4.69, 9.17) is 4.42 Å². The Morgan fingerprint density at radius 1 is 1.41 bits per heavy atom. The number of amidine groups is 1. The number of likely N-dealkylation sites (N-methyl/N-ethyl adjacent to an activating group) is 2. The molecule has 0 aromatic carbocycles. The highest BCUT2D eigenvalue weighted by molar-refractivity contribution is 8.13. The Morgan fingerprint density at radius 3 is 2.91 bits per heavy atom. The Balaban J connectivity index is 1.77. The topological polar surface area (TPSA) is 64.7 Å². The Kier molecular flexibility index (Phi) is 3.93. The molecule has 2 atom stereocenters. The lowest BCUT2D eigenvalue weighted by molar-refractivity contribution is 0.172. The molecule has 0 spiro atoms. The van der Waals surface area contributed by atoms with Gasteiger partial charge in [0.2, 0.25) is 0 Å². The average molecular weight is 319 g/mol. The fraction of sp³-hybridized carbons (Fsp3) is 0.357. The number of allylic oxidation sites excluding steroid dienone is 1. The van der Waals surface area contributed by atoms with Crippen LogP contribution in [0, 0.1) is 0 Å². The average Bonchev–Trinajstić information content (AvgIpc) is 3.20. The van der Waals surface area contributed by atoms with Gasteiger partial charge in [-0.25, -0.2) is 14.8 Å². The molecule has 1 saturated heterocycles. The molecule has 0 N–H and O–H groups in total. The van der Waals surface area contributed by atoms with Crippen molar-refractivity contribution in [1.82, 2.24) is 14.8 Å². The van der Waals surface area contributed by atoms with Gasteiger partial charge in [0, 0.05) is 20.3 Å². The van der Waals surface area contributed by atoms with E-state index in [2.05, 4.69) is 10.1 Å². The van der Waals surface area contributed by atoms with E-state index in [9.17, 15) is 4.79 Å². The molecule has 7 nitrogen and oxygen atoms in total. The monoisotopic (exact) mass is 319 g/mol. The van der Waals surface area contributed by atoms with Gasteiger partial charge in [0.05, 0.1) is 6.26 Å². The first-order valence-corrected chi connectivity index (χ1v) is 8.00. The SMILES string of the molecule is CSC1=NC2C(N(C)C(=O)N2C)N1/N=C/C=C/c1ccco1. The maximum absolute atomic E-state index is 12.0. The lowest BCUT2D eigenvalue weighted by atomic mass is 10.4. The molecule has 0 aliphatic carbocycles. The van der Waals surface area contributed by atoms with E-state index in [0.717, 1.165) is 10.9 Å². The fourth-order valence-corrected chi connectivity index (χ4v) is 3.06. The molecule has 1 fully saturated rings. The van der Waals surface area contributed by atoms with E-state index in [1.165, 1.54) is 11.8 Å². The first-order valence-electron chi connectivity index (χ1n) is 6.78. The van der Waals surface area contributed by atoms with Crippen LogP contribution in [-0.4, -0.2) is 64.9 Å². The lowest BCUT2D eigenvalue weighted by Crippen LogP contribution is -2.43. The van der Waals surface area contributed by atoms with Gasteiger partial charge in [0.25, 0.3) is 0 Å². The van der Waals surface area contributed by atoms with Crippen LogP contribution in [0.25, 0.3) is 6.08 Å². The third kappa shape index (κ3) is 2.39. The van der Waals surface area contributed by atoms with Crippen LogP contribution in [0.2, 0.25) is 0 Å². The molecule has 22 heavy (non-hydrogen) atoms. The second-order valence-electron chi connectivity index (χ2n) is 4.93. The van der Waals surface area contributed by atoms with Crippen molar-refractivity contribution in [2.24, 2.45) is 10.1 Å². The zero-order valence-corrected chi connectivity index (χ0v) is 13.4. The van der Waals surface area contributed by atoms with Crippen molar-refractivity contribution in [2.45, 2.75) is 12.3 Å². The van der Waals surface area contributed by atoms with Gasteiger partial charge in [0.1, 0.15) is 5.76 Å². The summed E-state index contributed by atoms with van der Waals surface area (Å²) in [6.45, 7) is 0. The number of furan rings is 1. The van der Waals surface area contributed by atoms with Gasteiger partial charge in [0.15, 0.2) is 17.5 Å². The first-order chi connectivity index (χ1) is 10.6. The number of carbonyl (C=O) groups is 1. The highest BCUT2D eigenvalue weighted by Gasteiger charge is 2.50. The smallest absolute Gasteiger partial charge is 0.323 e. The summed E-state index contributed by atoms with van der Waals surface area (Å²) in [5, 5.41) is 7.02. The molecule has 1 aromatic heterocycles. The van der Waals surface area contributed by atoms with Crippen molar-refractivity contribution >= 4 is 35.3 Å². The van der Waals surface area contributed by atoms with Crippen LogP contribution in [0.4, 0.5) is 4.79 Å². The first kappa shape index (κ1) is 14.7.